The largest absolute Gasteiger partial charge is 0.398 e. The Morgan fingerprint density at radius 2 is 2.20 bits per heavy atom. The van der Waals surface area contributed by atoms with Crippen LogP contribution in [0, 0.1) is 19.3 Å². The third-order valence-electron chi connectivity index (χ3n) is 1.53. The summed E-state index contributed by atoms with van der Waals surface area (Å²) in [6.07, 6.45) is 5.21. The lowest BCUT2D eigenvalue weighted by Gasteiger charge is -2.00. The van der Waals surface area contributed by atoms with Crippen molar-refractivity contribution in [2.45, 2.75) is 6.92 Å². The molecule has 0 heterocycles. The lowest BCUT2D eigenvalue weighted by molar-refractivity contribution is 1.44. The summed E-state index contributed by atoms with van der Waals surface area (Å²) in [4.78, 5) is 0. The van der Waals surface area contributed by atoms with E-state index in [0.29, 0.717) is 0 Å². The molecule has 0 unspecified atom stereocenters. The van der Waals surface area contributed by atoms with Gasteiger partial charge in [0.15, 0.2) is 0 Å². The molecule has 0 saturated heterocycles. The number of nitrogen functional groups attached to an aromatic ring is 1. The Morgan fingerprint density at radius 3 is 2.70 bits per heavy atom. The van der Waals surface area contributed by atoms with Crippen LogP contribution >= 0.6 is 0 Å². The standard InChI is InChI=1S/C9H9N/c1-3-8-5-4-6-9(10)7(8)2/h1,4-6H,10H2,2H3. The molecule has 50 valence electrons. The lowest BCUT2D eigenvalue weighted by atomic mass is 10.1. The van der Waals surface area contributed by atoms with Crippen molar-refractivity contribution in [3.8, 4) is 12.3 Å². The van der Waals surface area contributed by atoms with Crippen LogP contribution in [0.25, 0.3) is 0 Å². The van der Waals surface area contributed by atoms with Crippen molar-refractivity contribution in [2.75, 3.05) is 5.73 Å². The maximum atomic E-state index is 5.60. The van der Waals surface area contributed by atoms with Crippen LogP contribution in [0.5, 0.6) is 0 Å². The van der Waals surface area contributed by atoms with Gasteiger partial charge in [-0.15, -0.1) is 6.42 Å². The molecule has 0 atom stereocenters. The molecule has 1 heteroatoms. The summed E-state index contributed by atoms with van der Waals surface area (Å²) < 4.78 is 0. The van der Waals surface area contributed by atoms with Crippen LogP contribution in [0.3, 0.4) is 0 Å². The topological polar surface area (TPSA) is 26.0 Å². The fourth-order valence-corrected chi connectivity index (χ4v) is 0.810. The van der Waals surface area contributed by atoms with E-state index in [0.717, 1.165) is 16.8 Å². The van der Waals surface area contributed by atoms with Gasteiger partial charge in [0.1, 0.15) is 0 Å². The highest BCUT2D eigenvalue weighted by Gasteiger charge is 1.95. The molecular formula is C9H9N. The fraction of sp³-hybridized carbons (Fsp3) is 0.111. The van der Waals surface area contributed by atoms with Gasteiger partial charge in [-0.2, -0.15) is 0 Å². The molecule has 1 aromatic rings. The van der Waals surface area contributed by atoms with Crippen LogP contribution in [0.1, 0.15) is 11.1 Å². The van der Waals surface area contributed by atoms with Gasteiger partial charge < -0.3 is 5.73 Å². The Hall–Kier alpha value is -1.42. The Bertz CT molecular complexity index is 281. The van der Waals surface area contributed by atoms with Crippen molar-refractivity contribution < 1.29 is 0 Å². The first-order valence-corrected chi connectivity index (χ1v) is 3.07. The Labute approximate surface area is 60.9 Å². The van der Waals surface area contributed by atoms with Crippen molar-refractivity contribution in [1.29, 1.82) is 0 Å². The van der Waals surface area contributed by atoms with Crippen LogP contribution < -0.4 is 5.73 Å². The lowest BCUT2D eigenvalue weighted by Crippen LogP contribution is -1.91. The highest BCUT2D eigenvalue weighted by Crippen LogP contribution is 2.13. The number of rotatable bonds is 0. The number of hydrogen-bond donors (Lipinski definition) is 1. The summed E-state index contributed by atoms with van der Waals surface area (Å²) in [5, 5.41) is 0. The molecule has 0 aliphatic carbocycles. The molecule has 0 saturated carbocycles. The van der Waals surface area contributed by atoms with E-state index in [1.807, 2.05) is 25.1 Å². The third kappa shape index (κ3) is 0.964. The average molecular weight is 131 g/mol. The third-order valence-corrected chi connectivity index (χ3v) is 1.53. The van der Waals surface area contributed by atoms with Gasteiger partial charge in [0.25, 0.3) is 0 Å². The maximum absolute atomic E-state index is 5.60. The molecule has 0 spiro atoms. The molecule has 0 aliphatic rings. The van der Waals surface area contributed by atoms with E-state index in [2.05, 4.69) is 5.92 Å². The van der Waals surface area contributed by atoms with Gasteiger partial charge in [-0.1, -0.05) is 12.0 Å². The van der Waals surface area contributed by atoms with Crippen molar-refractivity contribution in [3.63, 3.8) is 0 Å². The quantitative estimate of drug-likeness (QED) is 0.419. The maximum Gasteiger partial charge on any atom is 0.0356 e. The van der Waals surface area contributed by atoms with Crippen molar-refractivity contribution in [2.24, 2.45) is 0 Å². The predicted molar refractivity (Wildman–Crippen MR) is 43.5 cm³/mol. The Kier molecular flexibility index (Phi) is 1.64. The molecule has 10 heavy (non-hydrogen) atoms. The van der Waals surface area contributed by atoms with Crippen LogP contribution in [0.4, 0.5) is 5.69 Å². The minimum Gasteiger partial charge on any atom is -0.398 e. The van der Waals surface area contributed by atoms with Gasteiger partial charge in [0.2, 0.25) is 0 Å². The SMILES string of the molecule is C#Cc1cccc(N)c1C. The second-order valence-electron chi connectivity index (χ2n) is 2.16. The predicted octanol–water partition coefficient (Wildman–Crippen LogP) is 1.56. The number of benzene rings is 1. The van der Waals surface area contributed by atoms with E-state index in [-0.39, 0.29) is 0 Å². The molecule has 1 rings (SSSR count). The van der Waals surface area contributed by atoms with Crippen LogP contribution in [-0.4, -0.2) is 0 Å². The molecular weight excluding hydrogens is 122 g/mol. The second-order valence-corrected chi connectivity index (χ2v) is 2.16. The first-order valence-electron chi connectivity index (χ1n) is 3.07. The number of nitrogens with two attached hydrogens (primary N) is 1. The van der Waals surface area contributed by atoms with E-state index >= 15 is 0 Å². The normalized spacial score (nSPS) is 8.80. The number of hydrogen-bond acceptors (Lipinski definition) is 1. The summed E-state index contributed by atoms with van der Waals surface area (Å²) in [5.41, 5.74) is 8.23. The minimum atomic E-state index is 0.760. The van der Waals surface area contributed by atoms with E-state index in [1.54, 1.807) is 0 Å². The minimum absolute atomic E-state index is 0.760. The smallest absolute Gasteiger partial charge is 0.0356 e. The number of anilines is 1. The monoisotopic (exact) mass is 131 g/mol. The van der Waals surface area contributed by atoms with E-state index in [1.165, 1.54) is 0 Å². The zero-order valence-electron chi connectivity index (χ0n) is 5.89. The van der Waals surface area contributed by atoms with E-state index in [9.17, 15) is 0 Å². The summed E-state index contributed by atoms with van der Waals surface area (Å²) in [6.45, 7) is 1.92. The molecule has 1 aromatic carbocycles. The van der Waals surface area contributed by atoms with Gasteiger partial charge in [-0.3, -0.25) is 0 Å². The van der Waals surface area contributed by atoms with Crippen molar-refractivity contribution in [1.82, 2.24) is 0 Å². The van der Waals surface area contributed by atoms with E-state index in [4.69, 9.17) is 12.2 Å². The molecule has 0 bridgehead atoms. The van der Waals surface area contributed by atoms with Gasteiger partial charge in [-0.25, -0.2) is 0 Å². The highest BCUT2D eigenvalue weighted by atomic mass is 14.5. The van der Waals surface area contributed by atoms with Gasteiger partial charge >= 0.3 is 0 Å². The Balaban J connectivity index is 3.31. The van der Waals surface area contributed by atoms with Gasteiger partial charge in [0.05, 0.1) is 0 Å². The molecule has 0 amide bonds. The molecule has 1 nitrogen and oxygen atoms in total. The summed E-state index contributed by atoms with van der Waals surface area (Å²) in [7, 11) is 0. The molecule has 0 aromatic heterocycles. The molecule has 0 fully saturated rings. The summed E-state index contributed by atoms with van der Waals surface area (Å²) in [6, 6.07) is 5.58. The van der Waals surface area contributed by atoms with Crippen molar-refractivity contribution in [3.05, 3.63) is 29.3 Å². The second kappa shape index (κ2) is 2.45. The summed E-state index contributed by atoms with van der Waals surface area (Å²) in [5.74, 6) is 2.56. The molecule has 2 N–H and O–H groups in total. The molecule has 0 aliphatic heterocycles. The van der Waals surface area contributed by atoms with Crippen molar-refractivity contribution >= 4 is 5.69 Å². The fourth-order valence-electron chi connectivity index (χ4n) is 0.810. The van der Waals surface area contributed by atoms with E-state index < -0.39 is 0 Å². The summed E-state index contributed by atoms with van der Waals surface area (Å²) >= 11 is 0. The first kappa shape index (κ1) is 6.70. The Morgan fingerprint density at radius 1 is 1.50 bits per heavy atom. The average Bonchev–Trinajstić information content (AvgIpc) is 1.95. The van der Waals surface area contributed by atoms with Crippen LogP contribution in [-0.2, 0) is 0 Å². The van der Waals surface area contributed by atoms with Gasteiger partial charge in [-0.05, 0) is 24.6 Å². The highest BCUT2D eigenvalue weighted by molar-refractivity contribution is 5.54. The van der Waals surface area contributed by atoms with Crippen LogP contribution in [0.15, 0.2) is 18.2 Å². The number of terminal acetylenes is 1. The molecule has 0 radical (unpaired) electrons. The zero-order chi connectivity index (χ0) is 7.56. The van der Waals surface area contributed by atoms with Gasteiger partial charge in [0, 0.05) is 11.3 Å². The van der Waals surface area contributed by atoms with Crippen LogP contribution in [0.2, 0.25) is 0 Å². The zero-order valence-corrected chi connectivity index (χ0v) is 5.89. The first-order chi connectivity index (χ1) is 4.75.